The number of hydrogen-bond donors (Lipinski definition) is 1. The molecule has 8 nitrogen and oxygen atoms in total. The summed E-state index contributed by atoms with van der Waals surface area (Å²) < 4.78 is 47.7. The Morgan fingerprint density at radius 3 is 2.69 bits per heavy atom. The topological polar surface area (TPSA) is 105 Å². The number of nitrogens with one attached hydrogen (secondary N) is 1. The molecule has 0 saturated carbocycles. The summed E-state index contributed by atoms with van der Waals surface area (Å²) in [4.78, 5) is 26.9. The third kappa shape index (κ3) is 4.36. The molecule has 0 unspecified atom stereocenters. The standard InChI is InChI=1S/C22H22FN3O5S/c1-14(21(27)24-18-10-4-3-9-17(18)23)31-22(28)15-7-6-12-26(13-15)20-16-8-2-5-11-19(16)32(29,30)25-20/h2-5,8-11,14-15H,6-7,12-13H2,1H3,(H,24,27)/t14-,15+/m1/s1. The summed E-state index contributed by atoms with van der Waals surface area (Å²) in [5.41, 5.74) is 0.516. The minimum absolute atomic E-state index is 0.00311. The first-order valence-electron chi connectivity index (χ1n) is 10.2. The van der Waals surface area contributed by atoms with Crippen molar-refractivity contribution in [3.63, 3.8) is 0 Å². The van der Waals surface area contributed by atoms with Crippen LogP contribution in [0.5, 0.6) is 0 Å². The number of fused-ring (bicyclic) bond motifs is 1. The predicted molar refractivity (Wildman–Crippen MR) is 115 cm³/mol. The quantitative estimate of drug-likeness (QED) is 0.705. The molecule has 2 heterocycles. The van der Waals surface area contributed by atoms with Gasteiger partial charge in [-0.3, -0.25) is 9.59 Å². The number of likely N-dealkylation sites (tertiary alicyclic amines) is 1. The molecule has 10 heteroatoms. The molecule has 32 heavy (non-hydrogen) atoms. The molecule has 1 amide bonds. The van der Waals surface area contributed by atoms with E-state index in [-0.39, 0.29) is 17.1 Å². The lowest BCUT2D eigenvalue weighted by Crippen LogP contribution is -2.44. The van der Waals surface area contributed by atoms with E-state index in [1.807, 2.05) is 0 Å². The Bertz CT molecular complexity index is 1200. The van der Waals surface area contributed by atoms with Crippen LogP contribution in [0.2, 0.25) is 0 Å². The van der Waals surface area contributed by atoms with Crippen LogP contribution in [-0.4, -0.2) is 50.2 Å². The van der Waals surface area contributed by atoms with Crippen molar-refractivity contribution in [1.29, 1.82) is 0 Å². The summed E-state index contributed by atoms with van der Waals surface area (Å²) in [6.45, 7) is 2.19. The molecule has 0 aromatic heterocycles. The summed E-state index contributed by atoms with van der Waals surface area (Å²) in [6, 6.07) is 12.3. The van der Waals surface area contributed by atoms with Gasteiger partial charge < -0.3 is 15.0 Å². The van der Waals surface area contributed by atoms with Crippen molar-refractivity contribution in [3.8, 4) is 0 Å². The summed E-state index contributed by atoms with van der Waals surface area (Å²) in [5, 5.41) is 2.40. The van der Waals surface area contributed by atoms with Crippen molar-refractivity contribution in [2.75, 3.05) is 18.4 Å². The molecule has 1 N–H and O–H groups in total. The average molecular weight is 459 g/mol. The van der Waals surface area contributed by atoms with Crippen LogP contribution in [0.25, 0.3) is 0 Å². The number of nitrogens with zero attached hydrogens (tertiary/aromatic N) is 2. The Morgan fingerprint density at radius 2 is 1.91 bits per heavy atom. The van der Waals surface area contributed by atoms with Crippen LogP contribution in [0.4, 0.5) is 10.1 Å². The summed E-state index contributed by atoms with van der Waals surface area (Å²) >= 11 is 0. The van der Waals surface area contributed by atoms with Gasteiger partial charge in [0.2, 0.25) is 0 Å². The predicted octanol–water partition coefficient (Wildman–Crippen LogP) is 2.56. The van der Waals surface area contributed by atoms with Crippen LogP contribution in [0.15, 0.2) is 57.8 Å². The first-order chi connectivity index (χ1) is 15.3. The lowest BCUT2D eigenvalue weighted by molar-refractivity contribution is -0.158. The molecule has 2 aliphatic rings. The van der Waals surface area contributed by atoms with Gasteiger partial charge in [0.05, 0.1) is 11.6 Å². The number of anilines is 1. The van der Waals surface area contributed by atoms with Gasteiger partial charge in [0, 0.05) is 18.7 Å². The van der Waals surface area contributed by atoms with Gasteiger partial charge in [-0.25, -0.2) is 4.39 Å². The molecule has 168 valence electrons. The number of amides is 1. The minimum Gasteiger partial charge on any atom is -0.452 e. The zero-order valence-corrected chi connectivity index (χ0v) is 18.1. The maximum absolute atomic E-state index is 13.7. The van der Waals surface area contributed by atoms with E-state index in [1.54, 1.807) is 29.2 Å². The second-order valence-electron chi connectivity index (χ2n) is 7.72. The average Bonchev–Trinajstić information content (AvgIpc) is 3.06. The molecular weight excluding hydrogens is 437 g/mol. The van der Waals surface area contributed by atoms with E-state index in [0.717, 1.165) is 0 Å². The lowest BCUT2D eigenvalue weighted by Gasteiger charge is -2.33. The van der Waals surface area contributed by atoms with Gasteiger partial charge in [-0.15, -0.1) is 4.40 Å². The molecule has 1 fully saturated rings. The summed E-state index contributed by atoms with van der Waals surface area (Å²) in [7, 11) is -3.76. The van der Waals surface area contributed by atoms with Crippen molar-refractivity contribution >= 4 is 33.4 Å². The van der Waals surface area contributed by atoms with E-state index < -0.39 is 39.7 Å². The molecule has 4 rings (SSSR count). The van der Waals surface area contributed by atoms with E-state index in [1.165, 1.54) is 31.2 Å². The van der Waals surface area contributed by atoms with Crippen molar-refractivity contribution in [1.82, 2.24) is 4.90 Å². The van der Waals surface area contributed by atoms with E-state index >= 15 is 0 Å². The monoisotopic (exact) mass is 459 g/mol. The van der Waals surface area contributed by atoms with Gasteiger partial charge in [0.25, 0.3) is 15.9 Å². The number of rotatable bonds is 4. The zero-order valence-electron chi connectivity index (χ0n) is 17.3. The van der Waals surface area contributed by atoms with Gasteiger partial charge in [-0.1, -0.05) is 24.3 Å². The normalized spacial score (nSPS) is 20.1. The highest BCUT2D eigenvalue weighted by Gasteiger charge is 2.36. The van der Waals surface area contributed by atoms with Crippen molar-refractivity contribution in [2.24, 2.45) is 10.3 Å². The van der Waals surface area contributed by atoms with Crippen molar-refractivity contribution < 1.29 is 27.1 Å². The lowest BCUT2D eigenvalue weighted by atomic mass is 9.97. The third-order valence-electron chi connectivity index (χ3n) is 5.46. The molecule has 0 spiro atoms. The van der Waals surface area contributed by atoms with Crippen LogP contribution in [0.1, 0.15) is 25.3 Å². The van der Waals surface area contributed by atoms with Gasteiger partial charge in [-0.2, -0.15) is 8.42 Å². The van der Waals surface area contributed by atoms with Crippen LogP contribution in [-0.2, 0) is 24.3 Å². The molecule has 2 aromatic rings. The maximum atomic E-state index is 13.7. The fourth-order valence-corrected chi connectivity index (χ4v) is 5.03. The van der Waals surface area contributed by atoms with Gasteiger partial charge in [0.15, 0.2) is 11.9 Å². The largest absolute Gasteiger partial charge is 0.452 e. The van der Waals surface area contributed by atoms with Gasteiger partial charge in [-0.05, 0) is 44.0 Å². The zero-order chi connectivity index (χ0) is 22.9. The van der Waals surface area contributed by atoms with E-state index in [9.17, 15) is 22.4 Å². The maximum Gasteiger partial charge on any atom is 0.311 e. The smallest absolute Gasteiger partial charge is 0.311 e. The van der Waals surface area contributed by atoms with E-state index in [2.05, 4.69) is 9.71 Å². The summed E-state index contributed by atoms with van der Waals surface area (Å²) in [6.07, 6.45) is 0.0533. The number of ether oxygens (including phenoxy) is 1. The second-order valence-corrected chi connectivity index (χ2v) is 9.29. The Labute approximate surface area is 185 Å². The highest BCUT2D eigenvalue weighted by Crippen LogP contribution is 2.30. The fraction of sp³-hybridized carbons (Fsp3) is 0.318. The Kier molecular flexibility index (Phi) is 5.96. The molecule has 2 aromatic carbocycles. The first-order valence-corrected chi connectivity index (χ1v) is 11.7. The molecule has 0 radical (unpaired) electrons. The SMILES string of the molecule is C[C@@H](OC(=O)[C@H]1CCCN(C2=NS(=O)(=O)c3ccccc32)C1)C(=O)Nc1ccccc1F. The number of carbonyl (C=O) groups excluding carboxylic acids is 2. The number of para-hydroxylation sites is 1. The highest BCUT2D eigenvalue weighted by atomic mass is 32.2. The Morgan fingerprint density at radius 1 is 1.19 bits per heavy atom. The van der Waals surface area contributed by atoms with Crippen molar-refractivity contribution in [2.45, 2.75) is 30.8 Å². The van der Waals surface area contributed by atoms with Crippen LogP contribution in [0.3, 0.4) is 0 Å². The molecule has 2 atom stereocenters. The third-order valence-corrected chi connectivity index (χ3v) is 6.79. The van der Waals surface area contributed by atoms with Crippen LogP contribution >= 0.6 is 0 Å². The van der Waals surface area contributed by atoms with Crippen LogP contribution < -0.4 is 5.32 Å². The van der Waals surface area contributed by atoms with E-state index in [0.29, 0.717) is 30.8 Å². The molecular formula is C22H22FN3O5S. The van der Waals surface area contributed by atoms with Gasteiger partial charge in [0.1, 0.15) is 10.7 Å². The Hall–Kier alpha value is -3.27. The molecule has 0 aliphatic carbocycles. The number of esters is 1. The van der Waals surface area contributed by atoms with Crippen molar-refractivity contribution in [3.05, 3.63) is 59.9 Å². The number of carbonyl (C=O) groups is 2. The number of halogens is 1. The second kappa shape index (κ2) is 8.70. The minimum atomic E-state index is -3.76. The van der Waals surface area contributed by atoms with Gasteiger partial charge >= 0.3 is 5.97 Å². The van der Waals surface area contributed by atoms with Crippen LogP contribution in [0, 0.1) is 11.7 Å². The summed E-state index contributed by atoms with van der Waals surface area (Å²) in [5.74, 6) is -2.03. The first kappa shape index (κ1) is 21.9. The number of benzene rings is 2. The fourth-order valence-electron chi connectivity index (χ4n) is 3.80. The number of piperidine rings is 1. The molecule has 0 bridgehead atoms. The number of amidine groups is 1. The number of sulfonamides is 1. The number of hydrogen-bond acceptors (Lipinski definition) is 6. The molecule has 2 aliphatic heterocycles. The Balaban J connectivity index is 1.41. The highest BCUT2D eigenvalue weighted by molar-refractivity contribution is 7.90. The van der Waals surface area contributed by atoms with E-state index in [4.69, 9.17) is 4.74 Å². The molecule has 1 saturated heterocycles.